The molecule has 0 spiro atoms. The Morgan fingerprint density at radius 2 is 1.67 bits per heavy atom. The van der Waals surface area contributed by atoms with E-state index < -0.39 is 5.25 Å². The van der Waals surface area contributed by atoms with Gasteiger partial charge >= 0.3 is 0 Å². The first kappa shape index (κ1) is 19.5. The maximum atomic E-state index is 12.8. The van der Waals surface area contributed by atoms with Gasteiger partial charge < -0.3 is 10.6 Å². The van der Waals surface area contributed by atoms with Crippen LogP contribution in [0.3, 0.4) is 0 Å². The standard InChI is InChI=1S/C22H26N2O2S/c1-13(2)15-8-7-9-16(14(3)4)21(15)24-20(25)12-19-22(26)23-17-10-5-6-11-18(17)27-19/h5-11,13-14,19H,12H2,1-4H3,(H,23,26)(H,24,25). The molecule has 0 saturated carbocycles. The summed E-state index contributed by atoms with van der Waals surface area (Å²) in [5.41, 5.74) is 3.96. The number of fused-ring (bicyclic) bond motifs is 1. The zero-order chi connectivity index (χ0) is 19.6. The number of nitrogens with one attached hydrogen (secondary N) is 2. The number of rotatable bonds is 5. The summed E-state index contributed by atoms with van der Waals surface area (Å²) in [5, 5.41) is 5.58. The summed E-state index contributed by atoms with van der Waals surface area (Å²) in [7, 11) is 0. The highest BCUT2D eigenvalue weighted by molar-refractivity contribution is 8.01. The molecule has 0 aromatic heterocycles. The molecule has 0 radical (unpaired) electrons. The van der Waals surface area contributed by atoms with Gasteiger partial charge in [0.15, 0.2) is 0 Å². The number of thioether (sulfide) groups is 1. The summed E-state index contributed by atoms with van der Waals surface area (Å²) in [5.74, 6) is 0.364. The van der Waals surface area contributed by atoms with Crippen molar-refractivity contribution in [3.05, 3.63) is 53.6 Å². The molecule has 1 aliphatic rings. The number of anilines is 2. The molecular formula is C22H26N2O2S. The van der Waals surface area contributed by atoms with Crippen LogP contribution in [0, 0.1) is 0 Å². The molecule has 2 amide bonds. The smallest absolute Gasteiger partial charge is 0.238 e. The van der Waals surface area contributed by atoms with Gasteiger partial charge in [-0.05, 0) is 35.1 Å². The molecule has 0 aliphatic carbocycles. The molecule has 4 nitrogen and oxygen atoms in total. The second-order valence-electron chi connectivity index (χ2n) is 7.47. The second-order valence-corrected chi connectivity index (χ2v) is 8.71. The molecule has 27 heavy (non-hydrogen) atoms. The first-order valence-corrected chi connectivity index (χ1v) is 10.2. The molecule has 1 atom stereocenters. The lowest BCUT2D eigenvalue weighted by Gasteiger charge is -2.24. The molecule has 0 bridgehead atoms. The number of hydrogen-bond acceptors (Lipinski definition) is 3. The van der Waals surface area contributed by atoms with Crippen molar-refractivity contribution in [2.75, 3.05) is 10.6 Å². The van der Waals surface area contributed by atoms with E-state index in [1.807, 2.05) is 30.3 Å². The molecule has 1 heterocycles. The van der Waals surface area contributed by atoms with Gasteiger partial charge in [0.1, 0.15) is 0 Å². The number of carbonyl (C=O) groups is 2. The Balaban J connectivity index is 1.78. The van der Waals surface area contributed by atoms with Crippen molar-refractivity contribution in [1.82, 2.24) is 0 Å². The first-order chi connectivity index (χ1) is 12.9. The molecule has 2 N–H and O–H groups in total. The molecule has 142 valence electrons. The first-order valence-electron chi connectivity index (χ1n) is 9.36. The van der Waals surface area contributed by atoms with Crippen LogP contribution in [-0.4, -0.2) is 17.1 Å². The van der Waals surface area contributed by atoms with Crippen LogP contribution < -0.4 is 10.6 Å². The molecule has 0 fully saturated rings. The number of benzene rings is 2. The highest BCUT2D eigenvalue weighted by Gasteiger charge is 2.29. The van der Waals surface area contributed by atoms with Gasteiger partial charge in [-0.15, -0.1) is 11.8 Å². The van der Waals surface area contributed by atoms with Gasteiger partial charge in [0, 0.05) is 17.0 Å². The molecular weight excluding hydrogens is 356 g/mol. The molecule has 2 aromatic rings. The Morgan fingerprint density at radius 3 is 2.30 bits per heavy atom. The van der Waals surface area contributed by atoms with Crippen LogP contribution in [0.5, 0.6) is 0 Å². The van der Waals surface area contributed by atoms with Crippen LogP contribution >= 0.6 is 11.8 Å². The summed E-state index contributed by atoms with van der Waals surface area (Å²) in [6.45, 7) is 8.49. The highest BCUT2D eigenvalue weighted by atomic mass is 32.2. The Kier molecular flexibility index (Phi) is 5.90. The number of amides is 2. The Morgan fingerprint density at radius 1 is 1.04 bits per heavy atom. The van der Waals surface area contributed by atoms with Crippen LogP contribution in [0.2, 0.25) is 0 Å². The molecule has 5 heteroatoms. The minimum Gasteiger partial charge on any atom is -0.326 e. The van der Waals surface area contributed by atoms with E-state index in [9.17, 15) is 9.59 Å². The lowest BCUT2D eigenvalue weighted by atomic mass is 9.92. The maximum absolute atomic E-state index is 12.8. The van der Waals surface area contributed by atoms with E-state index in [0.29, 0.717) is 11.8 Å². The van der Waals surface area contributed by atoms with Crippen LogP contribution in [0.4, 0.5) is 11.4 Å². The van der Waals surface area contributed by atoms with E-state index in [-0.39, 0.29) is 18.2 Å². The van der Waals surface area contributed by atoms with Gasteiger partial charge in [0.05, 0.1) is 10.9 Å². The lowest BCUT2D eigenvalue weighted by molar-refractivity contribution is -0.120. The fourth-order valence-electron chi connectivity index (χ4n) is 3.28. The van der Waals surface area contributed by atoms with Gasteiger partial charge in [0.25, 0.3) is 0 Å². The van der Waals surface area contributed by atoms with E-state index in [2.05, 4.69) is 50.5 Å². The minimum atomic E-state index is -0.423. The number of para-hydroxylation sites is 2. The zero-order valence-corrected chi connectivity index (χ0v) is 17.0. The fourth-order valence-corrected chi connectivity index (χ4v) is 4.39. The van der Waals surface area contributed by atoms with E-state index in [4.69, 9.17) is 0 Å². The number of carbonyl (C=O) groups excluding carboxylic acids is 2. The normalized spacial score (nSPS) is 16.2. The average molecular weight is 383 g/mol. The van der Waals surface area contributed by atoms with Gasteiger partial charge in [-0.1, -0.05) is 58.0 Å². The largest absolute Gasteiger partial charge is 0.326 e. The van der Waals surface area contributed by atoms with E-state index in [0.717, 1.165) is 27.4 Å². The maximum Gasteiger partial charge on any atom is 0.238 e. The van der Waals surface area contributed by atoms with Crippen molar-refractivity contribution in [3.8, 4) is 0 Å². The SMILES string of the molecule is CC(C)c1cccc(C(C)C)c1NC(=O)CC1Sc2ccccc2NC1=O. The molecule has 0 saturated heterocycles. The van der Waals surface area contributed by atoms with Crippen molar-refractivity contribution < 1.29 is 9.59 Å². The van der Waals surface area contributed by atoms with E-state index in [1.54, 1.807) is 0 Å². The summed E-state index contributed by atoms with van der Waals surface area (Å²) in [4.78, 5) is 26.2. The molecule has 1 aliphatic heterocycles. The van der Waals surface area contributed by atoms with Gasteiger partial charge in [-0.2, -0.15) is 0 Å². The van der Waals surface area contributed by atoms with Crippen molar-refractivity contribution in [2.45, 2.75) is 56.1 Å². The quantitative estimate of drug-likeness (QED) is 0.730. The Bertz CT molecular complexity index is 835. The van der Waals surface area contributed by atoms with Crippen LogP contribution in [0.25, 0.3) is 0 Å². The number of hydrogen-bond donors (Lipinski definition) is 2. The average Bonchev–Trinajstić information content (AvgIpc) is 2.62. The predicted octanol–water partition coefficient (Wildman–Crippen LogP) is 5.38. The summed E-state index contributed by atoms with van der Waals surface area (Å²) in [6.07, 6.45) is 0.148. The van der Waals surface area contributed by atoms with Crippen LogP contribution in [0.15, 0.2) is 47.4 Å². The third-order valence-corrected chi connectivity index (χ3v) is 5.99. The molecule has 1 unspecified atom stereocenters. The minimum absolute atomic E-state index is 0.116. The van der Waals surface area contributed by atoms with Crippen molar-refractivity contribution in [2.24, 2.45) is 0 Å². The Labute approximate surface area is 165 Å². The third kappa shape index (κ3) is 4.35. The van der Waals surface area contributed by atoms with Crippen molar-refractivity contribution in [3.63, 3.8) is 0 Å². The molecule has 3 rings (SSSR count). The van der Waals surface area contributed by atoms with Crippen molar-refractivity contribution >= 4 is 35.0 Å². The molecule has 2 aromatic carbocycles. The monoisotopic (exact) mass is 382 g/mol. The summed E-state index contributed by atoms with van der Waals surface area (Å²) in [6, 6.07) is 13.8. The van der Waals surface area contributed by atoms with Crippen LogP contribution in [0.1, 0.15) is 57.1 Å². The van der Waals surface area contributed by atoms with Gasteiger partial charge in [-0.3, -0.25) is 9.59 Å². The Hall–Kier alpha value is -2.27. The van der Waals surface area contributed by atoms with E-state index >= 15 is 0 Å². The van der Waals surface area contributed by atoms with Crippen LogP contribution in [-0.2, 0) is 9.59 Å². The predicted molar refractivity (Wildman–Crippen MR) is 113 cm³/mol. The third-order valence-electron chi connectivity index (χ3n) is 4.71. The lowest BCUT2D eigenvalue weighted by Crippen LogP contribution is -2.32. The second kappa shape index (κ2) is 8.17. The topological polar surface area (TPSA) is 58.2 Å². The van der Waals surface area contributed by atoms with Gasteiger partial charge in [-0.25, -0.2) is 0 Å². The van der Waals surface area contributed by atoms with Gasteiger partial charge in [0.2, 0.25) is 11.8 Å². The fraction of sp³-hybridized carbons (Fsp3) is 0.364. The van der Waals surface area contributed by atoms with E-state index in [1.165, 1.54) is 11.8 Å². The summed E-state index contributed by atoms with van der Waals surface area (Å²) < 4.78 is 0. The van der Waals surface area contributed by atoms with Crippen molar-refractivity contribution in [1.29, 1.82) is 0 Å². The highest BCUT2D eigenvalue weighted by Crippen LogP contribution is 2.37. The zero-order valence-electron chi connectivity index (χ0n) is 16.2. The summed E-state index contributed by atoms with van der Waals surface area (Å²) >= 11 is 1.45.